The summed E-state index contributed by atoms with van der Waals surface area (Å²) in [5.41, 5.74) is 9.09. The van der Waals surface area contributed by atoms with Gasteiger partial charge in [0.25, 0.3) is 0 Å². The van der Waals surface area contributed by atoms with E-state index in [0.717, 1.165) is 17.0 Å². The Morgan fingerprint density at radius 3 is 2.50 bits per heavy atom. The van der Waals surface area contributed by atoms with Crippen molar-refractivity contribution in [1.29, 1.82) is 0 Å². The molecule has 2 heteroatoms. The Balaban J connectivity index is 3.04. The zero-order chi connectivity index (χ0) is 9.14. The standard InChI is InChI=1S/C10H14ClN/c1-7-5-9(3-4-12)6-10(11)8(7)2/h5-6H,3-4,12H2,1-2H3. The fourth-order valence-corrected chi connectivity index (χ4v) is 1.49. The molecule has 0 saturated heterocycles. The van der Waals surface area contributed by atoms with Gasteiger partial charge in [-0.05, 0) is 49.6 Å². The second kappa shape index (κ2) is 3.92. The fourth-order valence-electron chi connectivity index (χ4n) is 1.20. The van der Waals surface area contributed by atoms with Crippen LogP contribution in [0.4, 0.5) is 0 Å². The Hall–Kier alpha value is -0.530. The highest BCUT2D eigenvalue weighted by Crippen LogP contribution is 2.20. The van der Waals surface area contributed by atoms with E-state index in [1.165, 1.54) is 11.1 Å². The molecule has 1 aromatic rings. The molecule has 0 heterocycles. The second-order valence-electron chi connectivity index (χ2n) is 3.06. The van der Waals surface area contributed by atoms with Gasteiger partial charge in [-0.25, -0.2) is 0 Å². The Bertz CT molecular complexity index is 258. The van der Waals surface area contributed by atoms with Gasteiger partial charge in [0, 0.05) is 5.02 Å². The van der Waals surface area contributed by atoms with Crippen LogP contribution in [0.25, 0.3) is 0 Å². The molecule has 0 atom stereocenters. The van der Waals surface area contributed by atoms with Crippen molar-refractivity contribution in [2.75, 3.05) is 6.54 Å². The average molecular weight is 184 g/mol. The van der Waals surface area contributed by atoms with Gasteiger partial charge in [-0.2, -0.15) is 0 Å². The Morgan fingerprint density at radius 1 is 1.33 bits per heavy atom. The van der Waals surface area contributed by atoms with E-state index in [9.17, 15) is 0 Å². The summed E-state index contributed by atoms with van der Waals surface area (Å²) in [6.45, 7) is 4.78. The third kappa shape index (κ3) is 1.99. The molecule has 0 aliphatic heterocycles. The van der Waals surface area contributed by atoms with Crippen LogP contribution in [-0.4, -0.2) is 6.54 Å². The lowest BCUT2D eigenvalue weighted by Gasteiger charge is -2.06. The van der Waals surface area contributed by atoms with E-state index < -0.39 is 0 Å². The Morgan fingerprint density at radius 2 is 2.00 bits per heavy atom. The summed E-state index contributed by atoms with van der Waals surface area (Å²) < 4.78 is 0. The highest BCUT2D eigenvalue weighted by molar-refractivity contribution is 6.31. The van der Waals surface area contributed by atoms with Gasteiger partial charge in [-0.3, -0.25) is 0 Å². The molecule has 0 spiro atoms. The van der Waals surface area contributed by atoms with Crippen LogP contribution in [0, 0.1) is 13.8 Å². The lowest BCUT2D eigenvalue weighted by atomic mass is 10.0. The lowest BCUT2D eigenvalue weighted by molar-refractivity contribution is 0.965. The molecular weight excluding hydrogens is 170 g/mol. The number of aryl methyl sites for hydroxylation is 1. The van der Waals surface area contributed by atoms with Crippen molar-refractivity contribution < 1.29 is 0 Å². The van der Waals surface area contributed by atoms with Crippen LogP contribution in [0.15, 0.2) is 12.1 Å². The van der Waals surface area contributed by atoms with Crippen LogP contribution in [0.3, 0.4) is 0 Å². The molecule has 0 saturated carbocycles. The molecular formula is C10H14ClN. The number of nitrogens with two attached hydrogens (primary N) is 1. The number of halogens is 1. The molecule has 0 aromatic heterocycles. The predicted molar refractivity (Wildman–Crippen MR) is 53.7 cm³/mol. The van der Waals surface area contributed by atoms with E-state index in [0.29, 0.717) is 6.54 Å². The van der Waals surface area contributed by atoms with Gasteiger partial charge >= 0.3 is 0 Å². The molecule has 12 heavy (non-hydrogen) atoms. The van der Waals surface area contributed by atoms with E-state index in [-0.39, 0.29) is 0 Å². The third-order valence-electron chi connectivity index (χ3n) is 2.10. The van der Waals surface area contributed by atoms with Crippen LogP contribution < -0.4 is 5.73 Å². The van der Waals surface area contributed by atoms with Crippen LogP contribution in [0.5, 0.6) is 0 Å². The maximum Gasteiger partial charge on any atom is 0.0440 e. The normalized spacial score (nSPS) is 10.3. The van der Waals surface area contributed by atoms with Gasteiger partial charge in [0.1, 0.15) is 0 Å². The molecule has 0 fully saturated rings. The SMILES string of the molecule is Cc1cc(CCN)cc(Cl)c1C. The van der Waals surface area contributed by atoms with Crippen molar-refractivity contribution in [2.24, 2.45) is 5.73 Å². The fraction of sp³-hybridized carbons (Fsp3) is 0.400. The summed E-state index contributed by atoms with van der Waals surface area (Å²) in [6.07, 6.45) is 0.904. The number of hydrogen-bond acceptors (Lipinski definition) is 1. The summed E-state index contributed by atoms with van der Waals surface area (Å²) in [6, 6.07) is 4.14. The van der Waals surface area contributed by atoms with Crippen LogP contribution in [0.2, 0.25) is 5.02 Å². The molecule has 1 aromatic carbocycles. The first-order valence-corrected chi connectivity index (χ1v) is 4.48. The molecule has 1 nitrogen and oxygen atoms in total. The van der Waals surface area contributed by atoms with Crippen molar-refractivity contribution in [3.63, 3.8) is 0 Å². The van der Waals surface area contributed by atoms with Gasteiger partial charge in [0.2, 0.25) is 0 Å². The smallest absolute Gasteiger partial charge is 0.0440 e. The summed E-state index contributed by atoms with van der Waals surface area (Å²) in [5, 5.41) is 0.846. The van der Waals surface area contributed by atoms with Crippen molar-refractivity contribution in [1.82, 2.24) is 0 Å². The average Bonchev–Trinajstić information content (AvgIpc) is 2.01. The Labute approximate surface area is 78.5 Å². The van der Waals surface area contributed by atoms with Crippen LogP contribution >= 0.6 is 11.6 Å². The number of benzene rings is 1. The van der Waals surface area contributed by atoms with Crippen molar-refractivity contribution in [3.8, 4) is 0 Å². The minimum absolute atomic E-state index is 0.679. The summed E-state index contributed by atoms with van der Waals surface area (Å²) >= 11 is 6.01. The van der Waals surface area contributed by atoms with Crippen LogP contribution in [0.1, 0.15) is 16.7 Å². The second-order valence-corrected chi connectivity index (χ2v) is 3.47. The van der Waals surface area contributed by atoms with Crippen LogP contribution in [-0.2, 0) is 6.42 Å². The molecule has 0 aliphatic carbocycles. The van der Waals surface area contributed by atoms with E-state index in [1.807, 2.05) is 13.0 Å². The highest BCUT2D eigenvalue weighted by atomic mass is 35.5. The molecule has 66 valence electrons. The summed E-state index contributed by atoms with van der Waals surface area (Å²) in [7, 11) is 0. The first-order chi connectivity index (χ1) is 5.65. The molecule has 1 rings (SSSR count). The van der Waals surface area contributed by atoms with Gasteiger partial charge in [-0.15, -0.1) is 0 Å². The largest absolute Gasteiger partial charge is 0.330 e. The first kappa shape index (κ1) is 9.56. The maximum atomic E-state index is 6.01. The number of hydrogen-bond donors (Lipinski definition) is 1. The topological polar surface area (TPSA) is 26.0 Å². The molecule has 0 amide bonds. The molecule has 0 unspecified atom stereocenters. The minimum Gasteiger partial charge on any atom is -0.330 e. The lowest BCUT2D eigenvalue weighted by Crippen LogP contribution is -2.03. The summed E-state index contributed by atoms with van der Waals surface area (Å²) in [5.74, 6) is 0. The van der Waals surface area contributed by atoms with Gasteiger partial charge < -0.3 is 5.73 Å². The van der Waals surface area contributed by atoms with Crippen molar-refractivity contribution in [2.45, 2.75) is 20.3 Å². The Kier molecular flexibility index (Phi) is 3.12. The van der Waals surface area contributed by atoms with Gasteiger partial charge in [0.15, 0.2) is 0 Å². The van der Waals surface area contributed by atoms with E-state index in [1.54, 1.807) is 0 Å². The van der Waals surface area contributed by atoms with Crippen molar-refractivity contribution in [3.05, 3.63) is 33.8 Å². The first-order valence-electron chi connectivity index (χ1n) is 4.11. The molecule has 0 radical (unpaired) electrons. The zero-order valence-electron chi connectivity index (χ0n) is 7.52. The highest BCUT2D eigenvalue weighted by Gasteiger charge is 2.01. The predicted octanol–water partition coefficient (Wildman–Crippen LogP) is 2.46. The number of rotatable bonds is 2. The monoisotopic (exact) mass is 183 g/mol. The van der Waals surface area contributed by atoms with E-state index in [2.05, 4.69) is 13.0 Å². The quantitative estimate of drug-likeness (QED) is 0.749. The van der Waals surface area contributed by atoms with E-state index in [4.69, 9.17) is 17.3 Å². The third-order valence-corrected chi connectivity index (χ3v) is 2.49. The van der Waals surface area contributed by atoms with Gasteiger partial charge in [-0.1, -0.05) is 17.7 Å². The molecule has 2 N–H and O–H groups in total. The minimum atomic E-state index is 0.679. The van der Waals surface area contributed by atoms with E-state index >= 15 is 0 Å². The molecule has 0 aliphatic rings. The zero-order valence-corrected chi connectivity index (χ0v) is 8.28. The van der Waals surface area contributed by atoms with Gasteiger partial charge in [0.05, 0.1) is 0 Å². The molecule has 0 bridgehead atoms. The summed E-state index contributed by atoms with van der Waals surface area (Å²) in [4.78, 5) is 0. The maximum absolute atomic E-state index is 6.01. The van der Waals surface area contributed by atoms with Crippen molar-refractivity contribution >= 4 is 11.6 Å².